The van der Waals surface area contributed by atoms with Gasteiger partial charge in [0.05, 0.1) is 6.33 Å². The second kappa shape index (κ2) is 4.33. The van der Waals surface area contributed by atoms with E-state index in [9.17, 15) is 0 Å². The highest BCUT2D eigenvalue weighted by atomic mass is 15.2. The molecule has 6 nitrogen and oxygen atoms in total. The fourth-order valence-corrected chi connectivity index (χ4v) is 3.88. The SMILES string of the molecule is Nc1nc(N2CCC3(CCCC3)CC2)c2[nH]cnc2n1. The van der Waals surface area contributed by atoms with Crippen molar-refractivity contribution in [3.63, 3.8) is 0 Å². The molecule has 2 aliphatic rings. The molecule has 4 rings (SSSR count). The van der Waals surface area contributed by atoms with E-state index in [1.807, 2.05) is 0 Å². The Bertz CT molecular complexity index is 618. The lowest BCUT2D eigenvalue weighted by Gasteiger charge is -2.40. The predicted molar refractivity (Wildman–Crippen MR) is 78.4 cm³/mol. The number of nitrogens with zero attached hydrogens (tertiary/aromatic N) is 4. The predicted octanol–water partition coefficient (Wildman–Crippen LogP) is 2.10. The van der Waals surface area contributed by atoms with Gasteiger partial charge >= 0.3 is 0 Å². The third-order valence-corrected chi connectivity index (χ3v) is 5.07. The van der Waals surface area contributed by atoms with Crippen LogP contribution in [0.15, 0.2) is 6.33 Å². The molecule has 1 spiro atoms. The number of nitrogen functional groups attached to an aromatic ring is 1. The van der Waals surface area contributed by atoms with Crippen molar-refractivity contribution in [2.45, 2.75) is 38.5 Å². The van der Waals surface area contributed by atoms with E-state index in [0.717, 1.165) is 24.4 Å². The second-order valence-electron chi connectivity index (χ2n) is 6.20. The summed E-state index contributed by atoms with van der Waals surface area (Å²) in [6.07, 6.45) is 9.83. The number of aromatic amines is 1. The smallest absolute Gasteiger partial charge is 0.224 e. The molecule has 0 amide bonds. The van der Waals surface area contributed by atoms with Crippen LogP contribution in [0.5, 0.6) is 0 Å². The minimum absolute atomic E-state index is 0.306. The highest BCUT2D eigenvalue weighted by molar-refractivity contribution is 5.84. The summed E-state index contributed by atoms with van der Waals surface area (Å²) in [6.45, 7) is 2.12. The zero-order valence-corrected chi connectivity index (χ0v) is 11.6. The molecule has 1 aliphatic heterocycles. The van der Waals surface area contributed by atoms with Crippen LogP contribution in [0.1, 0.15) is 38.5 Å². The van der Waals surface area contributed by atoms with Crippen LogP contribution in [-0.2, 0) is 0 Å². The van der Waals surface area contributed by atoms with Gasteiger partial charge in [-0.2, -0.15) is 9.97 Å². The zero-order chi connectivity index (χ0) is 13.6. The first-order valence-corrected chi connectivity index (χ1v) is 7.47. The molecule has 0 unspecified atom stereocenters. The van der Waals surface area contributed by atoms with Crippen LogP contribution in [0.2, 0.25) is 0 Å². The Morgan fingerprint density at radius 3 is 2.60 bits per heavy atom. The number of aromatic nitrogens is 4. The van der Waals surface area contributed by atoms with E-state index < -0.39 is 0 Å². The summed E-state index contributed by atoms with van der Waals surface area (Å²) < 4.78 is 0. The number of rotatable bonds is 1. The number of hydrogen-bond acceptors (Lipinski definition) is 5. The summed E-state index contributed by atoms with van der Waals surface area (Å²) in [5, 5.41) is 0. The molecule has 2 aromatic heterocycles. The normalized spacial score (nSPS) is 21.9. The molecular weight excluding hydrogens is 252 g/mol. The Kier molecular flexibility index (Phi) is 2.58. The first-order valence-electron chi connectivity index (χ1n) is 7.47. The van der Waals surface area contributed by atoms with Gasteiger partial charge in [-0.25, -0.2) is 4.98 Å². The van der Waals surface area contributed by atoms with Crippen molar-refractivity contribution in [2.24, 2.45) is 5.41 Å². The van der Waals surface area contributed by atoms with Crippen molar-refractivity contribution in [3.05, 3.63) is 6.33 Å². The van der Waals surface area contributed by atoms with Crippen molar-refractivity contribution in [1.29, 1.82) is 0 Å². The highest BCUT2D eigenvalue weighted by Crippen LogP contribution is 2.46. The fourth-order valence-electron chi connectivity index (χ4n) is 3.88. The molecule has 1 aliphatic carbocycles. The monoisotopic (exact) mass is 272 g/mol. The van der Waals surface area contributed by atoms with Gasteiger partial charge in [0.25, 0.3) is 0 Å². The fraction of sp³-hybridized carbons (Fsp3) is 0.643. The molecule has 106 valence electrons. The standard InChI is InChI=1S/C14H20N6/c15-13-18-11-10(16-9-17-11)12(19-13)20-7-5-14(6-8-20)3-1-2-4-14/h9H,1-8H2,(H3,15,16,17,18,19). The van der Waals surface area contributed by atoms with E-state index in [0.29, 0.717) is 17.0 Å². The number of piperidine rings is 1. The third kappa shape index (κ3) is 1.82. The molecule has 2 fully saturated rings. The van der Waals surface area contributed by atoms with Crippen LogP contribution in [0, 0.1) is 5.41 Å². The van der Waals surface area contributed by atoms with Gasteiger partial charge < -0.3 is 15.6 Å². The lowest BCUT2D eigenvalue weighted by atomic mass is 9.77. The van der Waals surface area contributed by atoms with Crippen LogP contribution in [0.25, 0.3) is 11.2 Å². The first kappa shape index (κ1) is 11.9. The third-order valence-electron chi connectivity index (χ3n) is 5.07. The Morgan fingerprint density at radius 1 is 1.10 bits per heavy atom. The van der Waals surface area contributed by atoms with Crippen molar-refractivity contribution in [2.75, 3.05) is 23.7 Å². The largest absolute Gasteiger partial charge is 0.368 e. The van der Waals surface area contributed by atoms with Crippen LogP contribution in [-0.4, -0.2) is 33.0 Å². The summed E-state index contributed by atoms with van der Waals surface area (Å²) in [7, 11) is 0. The van der Waals surface area contributed by atoms with Crippen molar-refractivity contribution >= 4 is 22.9 Å². The Hall–Kier alpha value is -1.85. The van der Waals surface area contributed by atoms with E-state index in [-0.39, 0.29) is 0 Å². The van der Waals surface area contributed by atoms with Gasteiger partial charge in [0.2, 0.25) is 5.95 Å². The molecule has 0 aromatic carbocycles. The van der Waals surface area contributed by atoms with Crippen LogP contribution >= 0.6 is 0 Å². The quantitative estimate of drug-likeness (QED) is 0.830. The summed E-state index contributed by atoms with van der Waals surface area (Å²) in [5.41, 5.74) is 7.98. The maximum absolute atomic E-state index is 5.80. The minimum atomic E-state index is 0.306. The number of anilines is 2. The van der Waals surface area contributed by atoms with E-state index >= 15 is 0 Å². The first-order chi connectivity index (χ1) is 9.76. The lowest BCUT2D eigenvalue weighted by Crippen LogP contribution is -2.39. The second-order valence-corrected chi connectivity index (χ2v) is 6.20. The van der Waals surface area contributed by atoms with Gasteiger partial charge in [-0.15, -0.1) is 0 Å². The summed E-state index contributed by atoms with van der Waals surface area (Å²) in [5.74, 6) is 1.22. The molecule has 1 saturated carbocycles. The van der Waals surface area contributed by atoms with Gasteiger partial charge in [0.15, 0.2) is 11.5 Å². The Labute approximate surface area is 117 Å². The number of hydrogen-bond donors (Lipinski definition) is 2. The average Bonchev–Trinajstić information content (AvgIpc) is 3.08. The van der Waals surface area contributed by atoms with E-state index in [2.05, 4.69) is 24.8 Å². The minimum Gasteiger partial charge on any atom is -0.368 e. The van der Waals surface area contributed by atoms with E-state index in [1.165, 1.54) is 38.5 Å². The number of imidazole rings is 1. The number of nitrogens with one attached hydrogen (secondary N) is 1. The zero-order valence-electron chi connectivity index (χ0n) is 11.6. The van der Waals surface area contributed by atoms with Gasteiger partial charge in [-0.3, -0.25) is 0 Å². The summed E-state index contributed by atoms with van der Waals surface area (Å²) >= 11 is 0. The van der Waals surface area contributed by atoms with Crippen LogP contribution < -0.4 is 10.6 Å². The van der Waals surface area contributed by atoms with E-state index in [1.54, 1.807) is 6.33 Å². The van der Waals surface area contributed by atoms with Crippen molar-refractivity contribution < 1.29 is 0 Å². The highest BCUT2D eigenvalue weighted by Gasteiger charge is 2.37. The number of fused-ring (bicyclic) bond motifs is 1. The maximum Gasteiger partial charge on any atom is 0.224 e. The molecule has 3 N–H and O–H groups in total. The van der Waals surface area contributed by atoms with Crippen LogP contribution in [0.4, 0.5) is 11.8 Å². The summed E-state index contributed by atoms with van der Waals surface area (Å²) in [4.78, 5) is 18.3. The van der Waals surface area contributed by atoms with Crippen LogP contribution in [0.3, 0.4) is 0 Å². The number of H-pyrrole nitrogens is 1. The van der Waals surface area contributed by atoms with Gasteiger partial charge in [-0.1, -0.05) is 12.8 Å². The van der Waals surface area contributed by atoms with Crippen molar-refractivity contribution in [1.82, 2.24) is 19.9 Å². The maximum atomic E-state index is 5.80. The summed E-state index contributed by atoms with van der Waals surface area (Å²) in [6, 6.07) is 0. The molecule has 6 heteroatoms. The number of nitrogens with two attached hydrogens (primary N) is 1. The molecule has 20 heavy (non-hydrogen) atoms. The molecule has 3 heterocycles. The van der Waals surface area contributed by atoms with Gasteiger partial charge in [0, 0.05) is 13.1 Å². The Morgan fingerprint density at radius 2 is 1.85 bits per heavy atom. The lowest BCUT2D eigenvalue weighted by molar-refractivity contribution is 0.226. The van der Waals surface area contributed by atoms with Gasteiger partial charge in [-0.05, 0) is 31.1 Å². The Balaban J connectivity index is 1.62. The molecule has 0 bridgehead atoms. The molecule has 1 saturated heterocycles. The van der Waals surface area contributed by atoms with E-state index in [4.69, 9.17) is 5.73 Å². The van der Waals surface area contributed by atoms with Gasteiger partial charge in [0.1, 0.15) is 5.52 Å². The molecule has 0 radical (unpaired) electrons. The molecule has 0 atom stereocenters. The average molecular weight is 272 g/mol. The molecule has 2 aromatic rings. The molecular formula is C14H20N6. The topological polar surface area (TPSA) is 83.7 Å². The van der Waals surface area contributed by atoms with Crippen molar-refractivity contribution in [3.8, 4) is 0 Å².